The first-order chi connectivity index (χ1) is 7.16. The highest BCUT2D eigenvalue weighted by Gasteiger charge is 2.01. The lowest BCUT2D eigenvalue weighted by molar-refractivity contribution is 0.588. The van der Waals surface area contributed by atoms with E-state index in [1.807, 2.05) is 18.2 Å². The van der Waals surface area contributed by atoms with Crippen molar-refractivity contribution in [3.05, 3.63) is 35.9 Å². The maximum absolute atomic E-state index is 10.5. The van der Waals surface area contributed by atoms with Gasteiger partial charge in [0.15, 0.2) is 0 Å². The fourth-order valence-corrected chi connectivity index (χ4v) is 1.79. The molecule has 15 heavy (non-hydrogen) atoms. The molecule has 1 aromatic rings. The fourth-order valence-electron chi connectivity index (χ4n) is 1.12. The summed E-state index contributed by atoms with van der Waals surface area (Å²) in [4.78, 5) is 0. The number of hydrogen-bond donors (Lipinski definition) is 0. The second-order valence-corrected chi connectivity index (χ2v) is 5.42. The first-order valence-corrected chi connectivity index (χ1v) is 7.46. The first-order valence-electron chi connectivity index (χ1n) is 5.56. The Morgan fingerprint density at radius 2 is 1.73 bits per heavy atom. The highest BCUT2D eigenvalue weighted by molar-refractivity contribution is 7.43. The zero-order chi connectivity index (χ0) is 11.5. The van der Waals surface area contributed by atoms with E-state index in [4.69, 9.17) is 0 Å². The molecular weight excluding hydrogens is 203 g/mol. The molecule has 0 fully saturated rings. The van der Waals surface area contributed by atoms with Crippen molar-refractivity contribution in [3.8, 4) is 0 Å². The van der Waals surface area contributed by atoms with Gasteiger partial charge < -0.3 is 0 Å². The maximum Gasteiger partial charge on any atom is 0.335 e. The minimum Gasteiger partial charge on any atom is -0.0752 e. The van der Waals surface area contributed by atoms with Crippen LogP contribution in [-0.4, -0.2) is 12.8 Å². The summed E-state index contributed by atoms with van der Waals surface area (Å²) in [5.41, 5.74) is 1.32. The maximum atomic E-state index is 10.5. The van der Waals surface area contributed by atoms with Crippen LogP contribution in [0.25, 0.3) is 0 Å². The van der Waals surface area contributed by atoms with E-state index in [9.17, 15) is 4.57 Å². The summed E-state index contributed by atoms with van der Waals surface area (Å²) in [6, 6.07) is 10.3. The van der Waals surface area contributed by atoms with Crippen LogP contribution in [0, 0.1) is 6.92 Å². The van der Waals surface area contributed by atoms with E-state index in [2.05, 4.69) is 26.0 Å². The molecule has 2 heteroatoms. The summed E-state index contributed by atoms with van der Waals surface area (Å²) in [5, 5.41) is 0. The summed E-state index contributed by atoms with van der Waals surface area (Å²) >= 11 is 0. The van der Waals surface area contributed by atoms with Crippen LogP contribution in [0.4, 0.5) is 0 Å². The molecular formula is C13H22OP+. The molecule has 0 amide bonds. The smallest absolute Gasteiger partial charge is 0.0752 e. The van der Waals surface area contributed by atoms with Gasteiger partial charge in [-0.05, 0) is 19.8 Å². The molecule has 0 aromatic heterocycles. The van der Waals surface area contributed by atoms with E-state index in [1.54, 1.807) is 6.66 Å². The summed E-state index contributed by atoms with van der Waals surface area (Å²) in [5.74, 6) is 0. The first kappa shape index (κ1) is 14.3. The van der Waals surface area contributed by atoms with Crippen LogP contribution in [-0.2, 0) is 4.57 Å². The Morgan fingerprint density at radius 3 is 2.07 bits per heavy atom. The number of aryl methyl sites for hydroxylation is 1. The van der Waals surface area contributed by atoms with Crippen molar-refractivity contribution >= 4 is 7.80 Å². The predicted molar refractivity (Wildman–Crippen MR) is 69.1 cm³/mol. The molecule has 84 valence electrons. The molecule has 0 aliphatic rings. The van der Waals surface area contributed by atoms with Crippen molar-refractivity contribution in [2.24, 2.45) is 0 Å². The van der Waals surface area contributed by atoms with Crippen molar-refractivity contribution in [1.82, 2.24) is 0 Å². The zero-order valence-electron chi connectivity index (χ0n) is 10.1. The average molecular weight is 225 g/mol. The molecule has 1 nitrogen and oxygen atoms in total. The van der Waals surface area contributed by atoms with E-state index in [1.165, 1.54) is 18.4 Å². The molecule has 0 heterocycles. The second-order valence-electron chi connectivity index (χ2n) is 3.71. The molecule has 1 atom stereocenters. The number of rotatable bonds is 4. The van der Waals surface area contributed by atoms with Gasteiger partial charge in [0.2, 0.25) is 0 Å². The molecule has 1 aromatic carbocycles. The van der Waals surface area contributed by atoms with Gasteiger partial charge in [0.1, 0.15) is 12.8 Å². The molecule has 0 spiro atoms. The van der Waals surface area contributed by atoms with Crippen LogP contribution in [0.3, 0.4) is 0 Å². The topological polar surface area (TPSA) is 17.1 Å². The van der Waals surface area contributed by atoms with Crippen LogP contribution in [0.2, 0.25) is 0 Å². The van der Waals surface area contributed by atoms with E-state index < -0.39 is 7.80 Å². The SMILES string of the molecule is CCCCC[P+](C)=O.Cc1ccccc1. The van der Waals surface area contributed by atoms with E-state index in [0.29, 0.717) is 0 Å². The standard InChI is InChI=1S/C7H8.C6H14OP/c1-7-5-3-2-4-6-7;1-3-4-5-6-8(2)7/h2-6H,1H3;3-6H2,1-2H3/q;+1. The Labute approximate surface area is 94.7 Å². The van der Waals surface area contributed by atoms with Gasteiger partial charge in [0.25, 0.3) is 0 Å². The van der Waals surface area contributed by atoms with E-state index in [0.717, 1.165) is 12.6 Å². The van der Waals surface area contributed by atoms with Crippen molar-refractivity contribution in [2.75, 3.05) is 12.8 Å². The summed E-state index contributed by atoms with van der Waals surface area (Å²) in [6.45, 7) is 6.04. The van der Waals surface area contributed by atoms with Crippen molar-refractivity contribution in [1.29, 1.82) is 0 Å². The molecule has 0 saturated carbocycles. The fraction of sp³-hybridized carbons (Fsp3) is 0.538. The minimum absolute atomic E-state index is 0.862. The van der Waals surface area contributed by atoms with E-state index in [-0.39, 0.29) is 0 Å². The van der Waals surface area contributed by atoms with Crippen LogP contribution < -0.4 is 0 Å². The van der Waals surface area contributed by atoms with Crippen LogP contribution in [0.5, 0.6) is 0 Å². The van der Waals surface area contributed by atoms with E-state index >= 15 is 0 Å². The molecule has 0 N–H and O–H groups in total. The molecule has 0 radical (unpaired) electrons. The Balaban J connectivity index is 0.000000262. The van der Waals surface area contributed by atoms with Crippen LogP contribution >= 0.6 is 7.80 Å². The third-order valence-electron chi connectivity index (χ3n) is 2.02. The van der Waals surface area contributed by atoms with Gasteiger partial charge in [-0.25, -0.2) is 0 Å². The molecule has 0 bridgehead atoms. The quantitative estimate of drug-likeness (QED) is 0.539. The lowest BCUT2D eigenvalue weighted by Gasteiger charge is -1.84. The Morgan fingerprint density at radius 1 is 1.13 bits per heavy atom. The second kappa shape index (κ2) is 9.86. The third kappa shape index (κ3) is 11.2. The minimum atomic E-state index is -0.862. The Kier molecular flexibility index (Phi) is 9.41. The number of hydrogen-bond acceptors (Lipinski definition) is 1. The van der Waals surface area contributed by atoms with Crippen molar-refractivity contribution in [3.63, 3.8) is 0 Å². The van der Waals surface area contributed by atoms with Gasteiger partial charge in [-0.1, -0.05) is 53.8 Å². The molecule has 0 aliphatic heterocycles. The van der Waals surface area contributed by atoms with Gasteiger partial charge in [0.05, 0.1) is 0 Å². The highest BCUT2D eigenvalue weighted by atomic mass is 31.1. The number of unbranched alkanes of at least 4 members (excludes halogenated alkanes) is 2. The Hall–Kier alpha value is -0.680. The van der Waals surface area contributed by atoms with Crippen molar-refractivity contribution < 1.29 is 4.57 Å². The summed E-state index contributed by atoms with van der Waals surface area (Å²) in [6.07, 6.45) is 4.52. The van der Waals surface area contributed by atoms with Crippen molar-refractivity contribution in [2.45, 2.75) is 33.1 Å². The monoisotopic (exact) mass is 225 g/mol. The van der Waals surface area contributed by atoms with Crippen LogP contribution in [0.1, 0.15) is 31.7 Å². The van der Waals surface area contributed by atoms with Gasteiger partial charge in [-0.3, -0.25) is 0 Å². The largest absolute Gasteiger partial charge is 0.335 e. The average Bonchev–Trinajstić information content (AvgIpc) is 2.20. The molecule has 0 saturated heterocycles. The van der Waals surface area contributed by atoms with Gasteiger partial charge in [-0.2, -0.15) is 0 Å². The summed E-state index contributed by atoms with van der Waals surface area (Å²) in [7, 11) is -0.862. The van der Waals surface area contributed by atoms with Gasteiger partial charge >= 0.3 is 7.80 Å². The van der Waals surface area contributed by atoms with Gasteiger partial charge in [-0.15, -0.1) is 0 Å². The molecule has 1 unspecified atom stereocenters. The third-order valence-corrected chi connectivity index (χ3v) is 2.96. The van der Waals surface area contributed by atoms with Crippen LogP contribution in [0.15, 0.2) is 30.3 Å². The molecule has 1 rings (SSSR count). The normalized spacial score (nSPS) is 10.2. The highest BCUT2D eigenvalue weighted by Crippen LogP contribution is 2.15. The van der Waals surface area contributed by atoms with Gasteiger partial charge in [0, 0.05) is 0 Å². The lowest BCUT2D eigenvalue weighted by atomic mass is 10.2. The molecule has 0 aliphatic carbocycles. The lowest BCUT2D eigenvalue weighted by Crippen LogP contribution is -1.76. The number of benzene rings is 1. The predicted octanol–water partition coefficient (Wildman–Crippen LogP) is 4.63. The Bertz CT molecular complexity index is 256. The zero-order valence-corrected chi connectivity index (χ0v) is 11.0. The summed E-state index contributed by atoms with van der Waals surface area (Å²) < 4.78 is 10.5.